The van der Waals surface area contributed by atoms with Crippen molar-refractivity contribution in [1.29, 1.82) is 0 Å². The van der Waals surface area contributed by atoms with Crippen LogP contribution in [0, 0.1) is 0 Å². The lowest BCUT2D eigenvalue weighted by Gasteiger charge is -2.09. The fourth-order valence-electron chi connectivity index (χ4n) is 1.32. The number of hydrogen-bond donors (Lipinski definition) is 0. The second kappa shape index (κ2) is 6.05. The van der Waals surface area contributed by atoms with Gasteiger partial charge in [0.05, 0.1) is 6.61 Å². The van der Waals surface area contributed by atoms with E-state index in [0.29, 0.717) is 5.57 Å². The van der Waals surface area contributed by atoms with Gasteiger partial charge >= 0.3 is 5.97 Å². The first-order valence-corrected chi connectivity index (χ1v) is 5.19. The number of allylic oxidation sites excluding steroid dienone is 1. The monoisotopic (exact) mass is 222 g/mol. The normalized spacial score (nSPS) is 11.9. The number of ether oxygens (including phenoxy) is 1. The molecule has 1 rings (SSSR count). The van der Waals surface area contributed by atoms with E-state index in [2.05, 4.69) is 11.3 Å². The molecular formula is C13H15FO2. The van der Waals surface area contributed by atoms with Crippen molar-refractivity contribution in [3.05, 3.63) is 42.5 Å². The Labute approximate surface area is 94.7 Å². The van der Waals surface area contributed by atoms with E-state index >= 15 is 0 Å². The van der Waals surface area contributed by atoms with Crippen LogP contribution >= 0.6 is 0 Å². The molecule has 0 heterocycles. The predicted molar refractivity (Wildman–Crippen MR) is 61.6 cm³/mol. The summed E-state index contributed by atoms with van der Waals surface area (Å²) in [6.07, 6.45) is -1.66. The lowest BCUT2D eigenvalue weighted by atomic mass is 10.0. The zero-order valence-electron chi connectivity index (χ0n) is 9.28. The maximum Gasteiger partial charge on any atom is 0.341 e. The minimum Gasteiger partial charge on any atom is -0.464 e. The van der Waals surface area contributed by atoms with Gasteiger partial charge < -0.3 is 4.74 Å². The SMILES string of the molecule is C=C(CC(F)C(=O)OCC)c1ccccc1. The lowest BCUT2D eigenvalue weighted by molar-refractivity contribution is -0.148. The third-order valence-corrected chi connectivity index (χ3v) is 2.15. The number of hydrogen-bond acceptors (Lipinski definition) is 2. The Hall–Kier alpha value is -1.64. The molecule has 0 saturated heterocycles. The summed E-state index contributed by atoms with van der Waals surface area (Å²) < 4.78 is 18.0. The standard InChI is InChI=1S/C13H15FO2/c1-3-16-13(15)12(14)9-10(2)11-7-5-4-6-8-11/h4-8,12H,2-3,9H2,1H3. The van der Waals surface area contributed by atoms with Gasteiger partial charge in [0, 0.05) is 6.42 Å². The van der Waals surface area contributed by atoms with Crippen molar-refractivity contribution in [3.8, 4) is 0 Å². The number of carbonyl (C=O) groups is 1. The molecule has 1 atom stereocenters. The molecule has 1 aromatic rings. The van der Waals surface area contributed by atoms with E-state index in [4.69, 9.17) is 0 Å². The first-order chi connectivity index (χ1) is 7.65. The van der Waals surface area contributed by atoms with E-state index in [9.17, 15) is 9.18 Å². The van der Waals surface area contributed by atoms with E-state index in [1.54, 1.807) is 6.92 Å². The van der Waals surface area contributed by atoms with Crippen LogP contribution in [0.15, 0.2) is 36.9 Å². The van der Waals surface area contributed by atoms with Crippen LogP contribution in [0.3, 0.4) is 0 Å². The summed E-state index contributed by atoms with van der Waals surface area (Å²) in [4.78, 5) is 11.1. The fourth-order valence-corrected chi connectivity index (χ4v) is 1.32. The quantitative estimate of drug-likeness (QED) is 0.716. The average Bonchev–Trinajstić information content (AvgIpc) is 2.30. The summed E-state index contributed by atoms with van der Waals surface area (Å²) in [7, 11) is 0. The number of rotatable bonds is 5. The number of alkyl halides is 1. The van der Waals surface area contributed by atoms with Crippen LogP contribution in [0.1, 0.15) is 18.9 Å². The molecule has 0 aromatic heterocycles. The maximum atomic E-state index is 13.4. The zero-order chi connectivity index (χ0) is 12.0. The molecule has 3 heteroatoms. The van der Waals surface area contributed by atoms with Crippen molar-refractivity contribution in [3.63, 3.8) is 0 Å². The van der Waals surface area contributed by atoms with E-state index in [-0.39, 0.29) is 13.0 Å². The maximum absolute atomic E-state index is 13.4. The topological polar surface area (TPSA) is 26.3 Å². The minimum absolute atomic E-state index is 0.0250. The Morgan fingerprint density at radius 2 is 2.06 bits per heavy atom. The Balaban J connectivity index is 2.55. The number of carbonyl (C=O) groups excluding carboxylic acids is 1. The second-order valence-electron chi connectivity index (χ2n) is 3.39. The first kappa shape index (κ1) is 12.4. The van der Waals surface area contributed by atoms with Crippen LogP contribution < -0.4 is 0 Å². The minimum atomic E-state index is -1.63. The van der Waals surface area contributed by atoms with Gasteiger partial charge in [0.15, 0.2) is 0 Å². The van der Waals surface area contributed by atoms with Crippen molar-refractivity contribution in [2.75, 3.05) is 6.61 Å². The lowest BCUT2D eigenvalue weighted by Crippen LogP contribution is -2.19. The van der Waals surface area contributed by atoms with Gasteiger partial charge in [-0.1, -0.05) is 36.9 Å². The van der Waals surface area contributed by atoms with Crippen LogP contribution in [0.5, 0.6) is 0 Å². The Kier molecular flexibility index (Phi) is 4.70. The Morgan fingerprint density at radius 3 is 2.62 bits per heavy atom. The van der Waals surface area contributed by atoms with Gasteiger partial charge in [-0.3, -0.25) is 0 Å². The summed E-state index contributed by atoms with van der Waals surface area (Å²) in [5.41, 5.74) is 1.44. The summed E-state index contributed by atoms with van der Waals surface area (Å²) in [5.74, 6) is -0.820. The predicted octanol–water partition coefficient (Wildman–Crippen LogP) is 2.99. The number of esters is 1. The molecule has 0 N–H and O–H groups in total. The second-order valence-corrected chi connectivity index (χ2v) is 3.39. The Bertz CT molecular complexity index is 359. The molecule has 0 spiro atoms. The van der Waals surface area contributed by atoms with Crippen molar-refractivity contribution in [2.24, 2.45) is 0 Å². The van der Waals surface area contributed by atoms with Crippen molar-refractivity contribution in [1.82, 2.24) is 0 Å². The highest BCUT2D eigenvalue weighted by molar-refractivity contribution is 5.78. The van der Waals surface area contributed by atoms with E-state index < -0.39 is 12.1 Å². The van der Waals surface area contributed by atoms with Crippen molar-refractivity contribution in [2.45, 2.75) is 19.5 Å². The molecule has 16 heavy (non-hydrogen) atoms. The molecular weight excluding hydrogens is 207 g/mol. The molecule has 0 saturated carbocycles. The number of benzene rings is 1. The highest BCUT2D eigenvalue weighted by atomic mass is 19.1. The molecule has 0 radical (unpaired) electrons. The summed E-state index contributed by atoms with van der Waals surface area (Å²) in [6.45, 7) is 5.60. The van der Waals surface area contributed by atoms with Gasteiger partial charge in [-0.15, -0.1) is 0 Å². The van der Waals surface area contributed by atoms with E-state index in [1.165, 1.54) is 0 Å². The third kappa shape index (κ3) is 3.50. The summed E-state index contributed by atoms with van der Waals surface area (Å²) >= 11 is 0. The molecule has 0 bridgehead atoms. The highest BCUT2D eigenvalue weighted by Crippen LogP contribution is 2.19. The van der Waals surface area contributed by atoms with Crippen LogP contribution in [0.2, 0.25) is 0 Å². The molecule has 1 unspecified atom stereocenters. The molecule has 0 amide bonds. The zero-order valence-corrected chi connectivity index (χ0v) is 9.28. The first-order valence-electron chi connectivity index (χ1n) is 5.19. The van der Waals surface area contributed by atoms with Gasteiger partial charge in [0.25, 0.3) is 0 Å². The van der Waals surface area contributed by atoms with Gasteiger partial charge in [-0.25, -0.2) is 9.18 Å². The number of halogens is 1. The Morgan fingerprint density at radius 1 is 1.44 bits per heavy atom. The van der Waals surface area contributed by atoms with Gasteiger partial charge in [0.1, 0.15) is 0 Å². The van der Waals surface area contributed by atoms with Crippen LogP contribution in [-0.2, 0) is 9.53 Å². The van der Waals surface area contributed by atoms with Crippen LogP contribution in [0.25, 0.3) is 5.57 Å². The van der Waals surface area contributed by atoms with Gasteiger partial charge in [-0.05, 0) is 18.1 Å². The fraction of sp³-hybridized carbons (Fsp3) is 0.308. The largest absolute Gasteiger partial charge is 0.464 e. The molecule has 1 aromatic carbocycles. The van der Waals surface area contributed by atoms with Gasteiger partial charge in [0.2, 0.25) is 6.17 Å². The van der Waals surface area contributed by atoms with Crippen molar-refractivity contribution >= 4 is 11.5 Å². The summed E-state index contributed by atoms with van der Waals surface area (Å²) in [5, 5.41) is 0. The molecule has 0 aliphatic heterocycles. The summed E-state index contributed by atoms with van der Waals surface area (Å²) in [6, 6.07) is 9.23. The van der Waals surface area contributed by atoms with E-state index in [1.807, 2.05) is 30.3 Å². The smallest absolute Gasteiger partial charge is 0.341 e. The molecule has 2 nitrogen and oxygen atoms in total. The van der Waals surface area contributed by atoms with Crippen molar-refractivity contribution < 1.29 is 13.9 Å². The van der Waals surface area contributed by atoms with Crippen LogP contribution in [0.4, 0.5) is 4.39 Å². The van der Waals surface area contributed by atoms with Crippen LogP contribution in [-0.4, -0.2) is 18.7 Å². The van der Waals surface area contributed by atoms with Gasteiger partial charge in [-0.2, -0.15) is 0 Å². The molecule has 86 valence electrons. The van der Waals surface area contributed by atoms with E-state index in [0.717, 1.165) is 5.56 Å². The molecule has 0 aliphatic carbocycles. The highest BCUT2D eigenvalue weighted by Gasteiger charge is 2.19. The third-order valence-electron chi connectivity index (χ3n) is 2.15. The molecule has 0 fully saturated rings. The molecule has 0 aliphatic rings. The average molecular weight is 222 g/mol.